The molecular formula is C23H18F3NO3S. The van der Waals surface area contributed by atoms with E-state index in [1.54, 1.807) is 12.1 Å². The summed E-state index contributed by atoms with van der Waals surface area (Å²) in [6.07, 6.45) is -0.338. The van der Waals surface area contributed by atoms with Gasteiger partial charge in [0.05, 0.1) is 17.8 Å². The molecule has 2 aromatic carbocycles. The Morgan fingerprint density at radius 2 is 1.97 bits per heavy atom. The van der Waals surface area contributed by atoms with Crippen molar-refractivity contribution in [3.05, 3.63) is 75.9 Å². The second kappa shape index (κ2) is 8.55. The molecule has 0 radical (unpaired) electrons. The predicted octanol–water partition coefficient (Wildman–Crippen LogP) is 4.70. The molecule has 1 aromatic heterocycles. The van der Waals surface area contributed by atoms with Gasteiger partial charge in [0.15, 0.2) is 17.4 Å². The molecule has 1 aliphatic rings. The summed E-state index contributed by atoms with van der Waals surface area (Å²) in [4.78, 5) is 25.0. The molecule has 31 heavy (non-hydrogen) atoms. The number of thiophene rings is 1. The van der Waals surface area contributed by atoms with Crippen LogP contribution >= 0.6 is 11.3 Å². The Labute approximate surface area is 180 Å². The molecule has 0 bridgehead atoms. The molecular weight excluding hydrogens is 427 g/mol. The summed E-state index contributed by atoms with van der Waals surface area (Å²) < 4.78 is 47.2. The highest BCUT2D eigenvalue weighted by atomic mass is 32.1. The topological polar surface area (TPSA) is 55.4 Å². The molecule has 0 spiro atoms. The van der Waals surface area contributed by atoms with Gasteiger partial charge in [0.1, 0.15) is 17.7 Å². The van der Waals surface area contributed by atoms with Crippen molar-refractivity contribution in [1.82, 2.24) is 5.32 Å². The van der Waals surface area contributed by atoms with Crippen molar-refractivity contribution in [2.45, 2.75) is 25.9 Å². The van der Waals surface area contributed by atoms with Gasteiger partial charge >= 0.3 is 0 Å². The fourth-order valence-electron chi connectivity index (χ4n) is 3.51. The third kappa shape index (κ3) is 4.49. The lowest BCUT2D eigenvalue weighted by molar-refractivity contribution is -0.120. The van der Waals surface area contributed by atoms with Gasteiger partial charge in [-0.3, -0.25) is 9.59 Å². The lowest BCUT2D eigenvalue weighted by Crippen LogP contribution is -2.35. The maximum Gasteiger partial charge on any atom is 0.224 e. The SMILES string of the molecule is CC(=O)c1ccc(-c2cc(F)cc3c2OC(CNC(=O)Cc2cccc(F)c2F)C3)s1. The predicted molar refractivity (Wildman–Crippen MR) is 111 cm³/mol. The zero-order valence-corrected chi connectivity index (χ0v) is 17.3. The molecule has 0 fully saturated rings. The summed E-state index contributed by atoms with van der Waals surface area (Å²) in [7, 11) is 0. The summed E-state index contributed by atoms with van der Waals surface area (Å²) in [5.41, 5.74) is 1.20. The zero-order chi connectivity index (χ0) is 22.1. The number of carbonyl (C=O) groups excluding carboxylic acids is 2. The van der Waals surface area contributed by atoms with Gasteiger partial charge in [0.2, 0.25) is 5.91 Å². The number of carbonyl (C=O) groups is 2. The van der Waals surface area contributed by atoms with Gasteiger partial charge in [0, 0.05) is 28.0 Å². The van der Waals surface area contributed by atoms with Crippen molar-refractivity contribution >= 4 is 23.0 Å². The summed E-state index contributed by atoms with van der Waals surface area (Å²) in [6.45, 7) is 1.60. The third-order valence-corrected chi connectivity index (χ3v) is 6.21. The van der Waals surface area contributed by atoms with E-state index in [1.807, 2.05) is 0 Å². The number of benzene rings is 2. The molecule has 160 valence electrons. The Morgan fingerprint density at radius 1 is 1.16 bits per heavy atom. The molecule has 8 heteroatoms. The van der Waals surface area contributed by atoms with Crippen LogP contribution in [0.3, 0.4) is 0 Å². The highest BCUT2D eigenvalue weighted by molar-refractivity contribution is 7.17. The van der Waals surface area contributed by atoms with Gasteiger partial charge in [-0.2, -0.15) is 0 Å². The number of amides is 1. The molecule has 3 aromatic rings. The Bertz CT molecular complexity index is 1170. The molecule has 1 atom stereocenters. The van der Waals surface area contributed by atoms with Gasteiger partial charge in [-0.15, -0.1) is 11.3 Å². The van der Waals surface area contributed by atoms with Crippen molar-refractivity contribution < 1.29 is 27.5 Å². The number of hydrogen-bond donors (Lipinski definition) is 1. The van der Waals surface area contributed by atoms with E-state index in [-0.39, 0.29) is 24.3 Å². The number of rotatable bonds is 6. The van der Waals surface area contributed by atoms with E-state index in [4.69, 9.17) is 4.74 Å². The molecule has 0 aliphatic carbocycles. The Kier molecular flexibility index (Phi) is 5.82. The first-order valence-corrected chi connectivity index (χ1v) is 10.4. The minimum Gasteiger partial charge on any atom is -0.487 e. The van der Waals surface area contributed by atoms with Crippen molar-refractivity contribution in [3.8, 4) is 16.2 Å². The van der Waals surface area contributed by atoms with Gasteiger partial charge in [-0.25, -0.2) is 13.2 Å². The molecule has 0 saturated heterocycles. The first kappa shape index (κ1) is 21.1. The van der Waals surface area contributed by atoms with Crippen LogP contribution in [0, 0.1) is 17.5 Å². The van der Waals surface area contributed by atoms with Gasteiger partial charge in [0.25, 0.3) is 0 Å². The smallest absolute Gasteiger partial charge is 0.224 e. The Balaban J connectivity index is 1.44. The van der Waals surface area contributed by atoms with Crippen molar-refractivity contribution in [1.29, 1.82) is 0 Å². The summed E-state index contributed by atoms with van der Waals surface area (Å²) >= 11 is 1.26. The summed E-state index contributed by atoms with van der Waals surface area (Å²) in [5.74, 6) is -2.48. The lowest BCUT2D eigenvalue weighted by atomic mass is 10.0. The zero-order valence-electron chi connectivity index (χ0n) is 16.5. The van der Waals surface area contributed by atoms with Crippen LogP contribution in [0.5, 0.6) is 5.75 Å². The second-order valence-corrected chi connectivity index (χ2v) is 8.38. The van der Waals surface area contributed by atoms with Crippen LogP contribution in [0.4, 0.5) is 13.2 Å². The number of nitrogens with one attached hydrogen (secondary N) is 1. The van der Waals surface area contributed by atoms with Crippen molar-refractivity contribution in [3.63, 3.8) is 0 Å². The van der Waals surface area contributed by atoms with Crippen LogP contribution in [0.2, 0.25) is 0 Å². The van der Waals surface area contributed by atoms with Crippen LogP contribution < -0.4 is 10.1 Å². The van der Waals surface area contributed by atoms with E-state index >= 15 is 0 Å². The van der Waals surface area contributed by atoms with Crippen LogP contribution in [-0.2, 0) is 17.6 Å². The number of halogens is 3. The Hall–Kier alpha value is -3.13. The third-order valence-electron chi connectivity index (χ3n) is 4.99. The number of fused-ring (bicyclic) bond motifs is 1. The van der Waals surface area contributed by atoms with Crippen molar-refractivity contribution in [2.24, 2.45) is 0 Å². The molecule has 0 saturated carbocycles. The van der Waals surface area contributed by atoms with E-state index in [2.05, 4.69) is 5.32 Å². The first-order valence-electron chi connectivity index (χ1n) is 9.61. The average Bonchev–Trinajstić information content (AvgIpc) is 3.36. The van der Waals surface area contributed by atoms with E-state index in [1.165, 1.54) is 42.5 Å². The average molecular weight is 445 g/mol. The highest BCUT2D eigenvalue weighted by Crippen LogP contribution is 2.42. The monoisotopic (exact) mass is 445 g/mol. The van der Waals surface area contributed by atoms with Crippen molar-refractivity contribution in [2.75, 3.05) is 6.54 Å². The molecule has 4 rings (SSSR count). The van der Waals surface area contributed by atoms with Crippen LogP contribution in [0.1, 0.15) is 27.7 Å². The molecule has 1 N–H and O–H groups in total. The van der Waals surface area contributed by atoms with Crippen LogP contribution in [0.25, 0.3) is 10.4 Å². The summed E-state index contributed by atoms with van der Waals surface area (Å²) in [6, 6.07) is 9.88. The highest BCUT2D eigenvalue weighted by Gasteiger charge is 2.28. The standard InChI is InChI=1S/C23H18F3NO3S/c1-12(28)19-5-6-20(31-19)17-10-15(24)7-14-8-16(30-23(14)17)11-27-21(29)9-13-3-2-4-18(25)22(13)26/h2-7,10,16H,8-9,11H2,1H3,(H,27,29). The normalized spacial score (nSPS) is 14.8. The van der Waals surface area contributed by atoms with E-state index in [0.717, 1.165) is 6.07 Å². The quantitative estimate of drug-likeness (QED) is 0.560. The second-order valence-electron chi connectivity index (χ2n) is 7.30. The molecule has 1 amide bonds. The van der Waals surface area contributed by atoms with E-state index in [0.29, 0.717) is 33.1 Å². The number of ether oxygens (including phenoxy) is 1. The fraction of sp³-hybridized carbons (Fsp3) is 0.217. The number of ketones is 1. The van der Waals surface area contributed by atoms with E-state index in [9.17, 15) is 22.8 Å². The molecule has 1 unspecified atom stereocenters. The molecule has 2 heterocycles. The van der Waals surface area contributed by atoms with Gasteiger partial charge in [-0.05, 0) is 37.3 Å². The molecule has 1 aliphatic heterocycles. The maximum atomic E-state index is 14.2. The molecule has 4 nitrogen and oxygen atoms in total. The minimum absolute atomic E-state index is 0.0311. The van der Waals surface area contributed by atoms with Gasteiger partial charge < -0.3 is 10.1 Å². The van der Waals surface area contributed by atoms with Crippen LogP contribution in [0.15, 0.2) is 42.5 Å². The Morgan fingerprint density at radius 3 is 2.71 bits per heavy atom. The maximum absolute atomic E-state index is 14.2. The fourth-order valence-corrected chi connectivity index (χ4v) is 4.43. The number of hydrogen-bond acceptors (Lipinski definition) is 4. The van der Waals surface area contributed by atoms with Gasteiger partial charge in [-0.1, -0.05) is 12.1 Å². The largest absolute Gasteiger partial charge is 0.487 e. The van der Waals surface area contributed by atoms with Crippen LogP contribution in [-0.4, -0.2) is 24.3 Å². The lowest BCUT2D eigenvalue weighted by Gasteiger charge is -2.13. The first-order chi connectivity index (χ1) is 14.8. The minimum atomic E-state index is -1.04. The van der Waals surface area contributed by atoms with E-state index < -0.39 is 29.5 Å². The summed E-state index contributed by atoms with van der Waals surface area (Å²) in [5, 5.41) is 2.66. The number of Topliss-reactive ketones (excluding diaryl/α,β-unsaturated/α-hetero) is 1.